The van der Waals surface area contributed by atoms with Crippen LogP contribution in [0.2, 0.25) is 0 Å². The lowest BCUT2D eigenvalue weighted by Gasteiger charge is -2.11. The number of hydrazone groups is 1. The zero-order valence-electron chi connectivity index (χ0n) is 11.9. The standard InChI is InChI=1S/C16H17N3OS/c1-11-6-5-8-14(12(11)2)18-16(21)19-17-10-13-7-3-4-9-15(13)20/h3-10,20H,1-2H3,(H2,18,19,21). The van der Waals surface area contributed by atoms with Gasteiger partial charge in [0.2, 0.25) is 0 Å². The monoisotopic (exact) mass is 299 g/mol. The molecule has 2 aromatic carbocycles. The lowest BCUT2D eigenvalue weighted by atomic mass is 10.1. The Balaban J connectivity index is 1.97. The number of aromatic hydroxyl groups is 1. The Morgan fingerprint density at radius 3 is 2.67 bits per heavy atom. The first kappa shape index (κ1) is 15.0. The average molecular weight is 299 g/mol. The Labute approximate surface area is 129 Å². The molecule has 0 aromatic heterocycles. The molecule has 0 heterocycles. The Morgan fingerprint density at radius 2 is 1.90 bits per heavy atom. The third kappa shape index (κ3) is 4.03. The number of benzene rings is 2. The summed E-state index contributed by atoms with van der Waals surface area (Å²) in [5.41, 5.74) is 6.65. The Kier molecular flexibility index (Phi) is 4.90. The summed E-state index contributed by atoms with van der Waals surface area (Å²) in [6, 6.07) is 12.9. The Bertz CT molecular complexity index is 683. The molecule has 0 aliphatic heterocycles. The van der Waals surface area contributed by atoms with Crippen LogP contribution >= 0.6 is 12.2 Å². The third-order valence-corrected chi connectivity index (χ3v) is 3.35. The highest BCUT2D eigenvalue weighted by Gasteiger charge is 2.02. The van der Waals surface area contributed by atoms with Crippen molar-refractivity contribution in [1.29, 1.82) is 0 Å². The van der Waals surface area contributed by atoms with Crippen LogP contribution in [-0.4, -0.2) is 16.4 Å². The second-order valence-corrected chi connectivity index (χ2v) is 5.04. The summed E-state index contributed by atoms with van der Waals surface area (Å²) < 4.78 is 0. The number of nitrogens with one attached hydrogen (secondary N) is 2. The van der Waals surface area contributed by atoms with Crippen LogP contribution in [0.4, 0.5) is 5.69 Å². The van der Waals surface area contributed by atoms with Crippen molar-refractivity contribution >= 4 is 29.2 Å². The number of aryl methyl sites for hydroxylation is 1. The molecule has 3 N–H and O–H groups in total. The van der Waals surface area contributed by atoms with E-state index in [2.05, 4.69) is 15.8 Å². The van der Waals surface area contributed by atoms with Crippen molar-refractivity contribution in [1.82, 2.24) is 5.43 Å². The zero-order valence-corrected chi connectivity index (χ0v) is 12.7. The molecule has 0 aliphatic rings. The lowest BCUT2D eigenvalue weighted by molar-refractivity contribution is 0.474. The number of phenolic OH excluding ortho intramolecular Hbond substituents is 1. The van der Waals surface area contributed by atoms with Gasteiger partial charge in [0.05, 0.1) is 6.21 Å². The lowest BCUT2D eigenvalue weighted by Crippen LogP contribution is -2.24. The number of thiocarbonyl (C=S) groups is 1. The zero-order chi connectivity index (χ0) is 15.2. The maximum absolute atomic E-state index is 9.61. The van der Waals surface area contributed by atoms with Crippen molar-refractivity contribution in [2.24, 2.45) is 5.10 Å². The van der Waals surface area contributed by atoms with E-state index in [-0.39, 0.29) is 5.75 Å². The van der Waals surface area contributed by atoms with E-state index in [1.54, 1.807) is 18.2 Å². The van der Waals surface area contributed by atoms with Gasteiger partial charge < -0.3 is 10.4 Å². The molecule has 0 aliphatic carbocycles. The van der Waals surface area contributed by atoms with Gasteiger partial charge in [-0.3, -0.25) is 5.43 Å². The summed E-state index contributed by atoms with van der Waals surface area (Å²) in [4.78, 5) is 0. The molecule has 2 rings (SSSR count). The van der Waals surface area contributed by atoms with Crippen molar-refractivity contribution < 1.29 is 5.11 Å². The van der Waals surface area contributed by atoms with Crippen LogP contribution in [0.3, 0.4) is 0 Å². The first-order valence-electron chi connectivity index (χ1n) is 6.52. The summed E-state index contributed by atoms with van der Waals surface area (Å²) >= 11 is 5.19. The van der Waals surface area contributed by atoms with Gasteiger partial charge in [-0.1, -0.05) is 24.3 Å². The summed E-state index contributed by atoms with van der Waals surface area (Å²) in [5.74, 6) is 0.177. The fraction of sp³-hybridized carbons (Fsp3) is 0.125. The van der Waals surface area contributed by atoms with Crippen LogP contribution in [0.25, 0.3) is 0 Å². The van der Waals surface area contributed by atoms with E-state index in [0.29, 0.717) is 10.7 Å². The molecular weight excluding hydrogens is 282 g/mol. The predicted octanol–water partition coefficient (Wildman–Crippen LogP) is 3.33. The molecule has 108 valence electrons. The quantitative estimate of drug-likeness (QED) is 0.462. The van der Waals surface area contributed by atoms with E-state index in [0.717, 1.165) is 11.3 Å². The van der Waals surface area contributed by atoms with Gasteiger partial charge in [0.25, 0.3) is 0 Å². The number of phenols is 1. The van der Waals surface area contributed by atoms with Gasteiger partial charge >= 0.3 is 0 Å². The molecular formula is C16H17N3OS. The number of anilines is 1. The number of rotatable bonds is 3. The molecule has 21 heavy (non-hydrogen) atoms. The minimum Gasteiger partial charge on any atom is -0.507 e. The summed E-state index contributed by atoms with van der Waals surface area (Å²) in [6.45, 7) is 4.08. The topological polar surface area (TPSA) is 56.7 Å². The van der Waals surface area contributed by atoms with E-state index in [9.17, 15) is 5.11 Å². The van der Waals surface area contributed by atoms with Crippen molar-refractivity contribution in [2.75, 3.05) is 5.32 Å². The molecule has 0 spiro atoms. The number of nitrogens with zero attached hydrogens (tertiary/aromatic N) is 1. The van der Waals surface area contributed by atoms with Crippen molar-refractivity contribution in [2.45, 2.75) is 13.8 Å². The van der Waals surface area contributed by atoms with Crippen molar-refractivity contribution in [3.05, 3.63) is 59.2 Å². The second kappa shape index (κ2) is 6.85. The van der Waals surface area contributed by atoms with Crippen LogP contribution in [0.15, 0.2) is 47.6 Å². The minimum atomic E-state index is 0.177. The Hall–Kier alpha value is -2.40. The van der Waals surface area contributed by atoms with Gasteiger partial charge in [-0.05, 0) is 55.4 Å². The highest BCUT2D eigenvalue weighted by molar-refractivity contribution is 7.80. The SMILES string of the molecule is Cc1cccc(NC(=S)NN=Cc2ccccc2O)c1C. The first-order valence-corrected chi connectivity index (χ1v) is 6.93. The van der Waals surface area contributed by atoms with E-state index < -0.39 is 0 Å². The molecule has 0 fully saturated rings. The highest BCUT2D eigenvalue weighted by Crippen LogP contribution is 2.17. The summed E-state index contributed by atoms with van der Waals surface area (Å²) in [5, 5.41) is 17.1. The predicted molar refractivity (Wildman–Crippen MR) is 91.0 cm³/mol. The molecule has 0 bridgehead atoms. The van der Waals surface area contributed by atoms with E-state index >= 15 is 0 Å². The van der Waals surface area contributed by atoms with Crippen LogP contribution in [-0.2, 0) is 0 Å². The Morgan fingerprint density at radius 1 is 1.14 bits per heavy atom. The number of hydrogen-bond donors (Lipinski definition) is 3. The molecule has 0 unspecified atom stereocenters. The van der Waals surface area contributed by atoms with E-state index in [1.807, 2.05) is 38.1 Å². The fourth-order valence-corrected chi connectivity index (χ4v) is 1.96. The molecule has 0 saturated heterocycles. The molecule has 0 amide bonds. The van der Waals surface area contributed by atoms with Gasteiger partial charge in [0, 0.05) is 11.3 Å². The normalized spacial score (nSPS) is 10.6. The third-order valence-electron chi connectivity index (χ3n) is 3.16. The van der Waals surface area contributed by atoms with Crippen LogP contribution in [0, 0.1) is 13.8 Å². The molecule has 0 atom stereocenters. The smallest absolute Gasteiger partial charge is 0.191 e. The van der Waals surface area contributed by atoms with E-state index in [4.69, 9.17) is 12.2 Å². The summed E-state index contributed by atoms with van der Waals surface area (Å²) in [6.07, 6.45) is 1.52. The molecule has 0 radical (unpaired) electrons. The van der Waals surface area contributed by atoms with Crippen LogP contribution < -0.4 is 10.7 Å². The van der Waals surface area contributed by atoms with Crippen molar-refractivity contribution in [3.63, 3.8) is 0 Å². The van der Waals surface area contributed by atoms with Gasteiger partial charge in [-0.2, -0.15) is 5.10 Å². The molecule has 2 aromatic rings. The largest absolute Gasteiger partial charge is 0.507 e. The number of hydrogen-bond acceptors (Lipinski definition) is 3. The minimum absolute atomic E-state index is 0.177. The second-order valence-electron chi connectivity index (χ2n) is 4.63. The molecule has 5 heteroatoms. The van der Waals surface area contributed by atoms with Gasteiger partial charge in [-0.25, -0.2) is 0 Å². The fourth-order valence-electron chi connectivity index (χ4n) is 1.79. The van der Waals surface area contributed by atoms with Gasteiger partial charge in [0.15, 0.2) is 5.11 Å². The van der Waals surface area contributed by atoms with Crippen LogP contribution in [0.1, 0.15) is 16.7 Å². The highest BCUT2D eigenvalue weighted by atomic mass is 32.1. The first-order chi connectivity index (χ1) is 10.1. The molecule has 0 saturated carbocycles. The van der Waals surface area contributed by atoms with Gasteiger partial charge in [0.1, 0.15) is 5.75 Å². The van der Waals surface area contributed by atoms with Crippen LogP contribution in [0.5, 0.6) is 5.75 Å². The van der Waals surface area contributed by atoms with Crippen molar-refractivity contribution in [3.8, 4) is 5.75 Å². The average Bonchev–Trinajstić information content (AvgIpc) is 2.46. The summed E-state index contributed by atoms with van der Waals surface area (Å²) in [7, 11) is 0. The van der Waals surface area contributed by atoms with E-state index in [1.165, 1.54) is 11.8 Å². The number of para-hydroxylation sites is 1. The van der Waals surface area contributed by atoms with Gasteiger partial charge in [-0.15, -0.1) is 0 Å². The maximum Gasteiger partial charge on any atom is 0.191 e. The maximum atomic E-state index is 9.61. The molecule has 4 nitrogen and oxygen atoms in total.